The Labute approximate surface area is 199 Å². The van der Waals surface area contributed by atoms with Crippen LogP contribution in [0.3, 0.4) is 0 Å². The Morgan fingerprint density at radius 3 is 2.57 bits per heavy atom. The van der Waals surface area contributed by atoms with Crippen molar-refractivity contribution in [1.82, 2.24) is 15.6 Å². The van der Waals surface area contributed by atoms with Crippen LogP contribution in [0, 0.1) is 11.3 Å². The number of hydrogen-bond acceptors (Lipinski definition) is 7. The first-order chi connectivity index (χ1) is 16.7. The van der Waals surface area contributed by atoms with Gasteiger partial charge in [-0.05, 0) is 18.2 Å². The van der Waals surface area contributed by atoms with Crippen molar-refractivity contribution in [2.24, 2.45) is 0 Å². The number of amides is 2. The maximum absolute atomic E-state index is 12.9. The predicted octanol–water partition coefficient (Wildman–Crippen LogP) is 2.19. The lowest BCUT2D eigenvalue weighted by molar-refractivity contribution is -0.122. The molecule has 0 aliphatic carbocycles. The van der Waals surface area contributed by atoms with Crippen LogP contribution in [0.1, 0.15) is 15.9 Å². The number of rotatable bonds is 10. The number of nitrogens with one attached hydrogen (secondary N) is 2. The number of nitrogens with zero attached hydrogens (tertiary/aromatic N) is 2. The van der Waals surface area contributed by atoms with Crippen molar-refractivity contribution >= 4 is 32.6 Å². The van der Waals surface area contributed by atoms with Gasteiger partial charge in [-0.25, -0.2) is 8.42 Å². The summed E-state index contributed by atoms with van der Waals surface area (Å²) in [5.74, 6) is -3.53. The van der Waals surface area contributed by atoms with E-state index in [1.54, 1.807) is 30.3 Å². The zero-order valence-electron chi connectivity index (χ0n) is 18.1. The third kappa shape index (κ3) is 7.18. The molecular weight excluding hydrogens is 482 g/mol. The second-order valence-electron chi connectivity index (χ2n) is 7.36. The summed E-state index contributed by atoms with van der Waals surface area (Å²) < 4.78 is 55.4. The molecule has 9 nitrogen and oxygen atoms in total. The number of aromatic nitrogens is 1. The molecule has 2 amide bonds. The van der Waals surface area contributed by atoms with Crippen molar-refractivity contribution in [3.8, 4) is 11.8 Å². The molecule has 2 aromatic carbocycles. The molecule has 2 N–H and O–H groups in total. The van der Waals surface area contributed by atoms with Gasteiger partial charge in [0.2, 0.25) is 5.91 Å². The Balaban J connectivity index is 1.82. The molecule has 0 radical (unpaired) electrons. The van der Waals surface area contributed by atoms with E-state index in [1.807, 2.05) is 0 Å². The van der Waals surface area contributed by atoms with Crippen molar-refractivity contribution < 1.29 is 31.5 Å². The van der Waals surface area contributed by atoms with Crippen LogP contribution in [0.4, 0.5) is 8.78 Å². The number of carbonyl (C=O) groups is 2. The molecule has 0 aliphatic heterocycles. The third-order valence-electron chi connectivity index (χ3n) is 4.80. The number of sulfone groups is 1. The number of hydrogen-bond donors (Lipinski definition) is 2. The SMILES string of the molecule is N#CCNC(=O)[C@H](CS(=O)(=O)Cc1ccccc1OC(F)F)NC(=O)c1cnc2ccccc2c1. The van der Waals surface area contributed by atoms with Crippen LogP contribution in [0.25, 0.3) is 10.9 Å². The van der Waals surface area contributed by atoms with E-state index < -0.39 is 52.4 Å². The molecule has 35 heavy (non-hydrogen) atoms. The molecule has 0 bridgehead atoms. The Morgan fingerprint density at radius 1 is 1.11 bits per heavy atom. The normalized spacial score (nSPS) is 12.1. The molecule has 0 fully saturated rings. The molecule has 3 rings (SSSR count). The number of fused-ring (bicyclic) bond motifs is 1. The first kappa shape index (κ1) is 25.5. The van der Waals surface area contributed by atoms with Gasteiger partial charge in [-0.15, -0.1) is 0 Å². The fourth-order valence-electron chi connectivity index (χ4n) is 3.25. The number of para-hydroxylation sites is 2. The van der Waals surface area contributed by atoms with E-state index in [0.717, 1.165) is 0 Å². The van der Waals surface area contributed by atoms with Gasteiger partial charge in [0.1, 0.15) is 18.3 Å². The molecule has 0 saturated carbocycles. The quantitative estimate of drug-likeness (QED) is 0.405. The van der Waals surface area contributed by atoms with Crippen LogP contribution in [-0.2, 0) is 20.4 Å². The van der Waals surface area contributed by atoms with Gasteiger partial charge in [0, 0.05) is 17.1 Å². The van der Waals surface area contributed by atoms with E-state index in [0.29, 0.717) is 10.9 Å². The van der Waals surface area contributed by atoms with Gasteiger partial charge >= 0.3 is 6.61 Å². The highest BCUT2D eigenvalue weighted by Gasteiger charge is 2.29. The standard InChI is InChI=1S/C23H20F2N4O5S/c24-23(25)34-20-8-4-2-6-16(20)13-35(32,33)14-19(22(31)27-10-9-26)29-21(30)17-11-15-5-1-3-7-18(15)28-12-17/h1-8,11-12,19,23H,10,13-14H2,(H,27,31)(H,29,30)/t19-/m0/s1. The number of carbonyl (C=O) groups excluding carboxylic acids is 2. The van der Waals surface area contributed by atoms with Gasteiger partial charge in [-0.2, -0.15) is 14.0 Å². The van der Waals surface area contributed by atoms with Crippen molar-refractivity contribution in [1.29, 1.82) is 5.26 Å². The van der Waals surface area contributed by atoms with Gasteiger partial charge in [-0.1, -0.05) is 36.4 Å². The zero-order valence-corrected chi connectivity index (χ0v) is 19.0. The Bertz CT molecular complexity index is 1380. The minimum Gasteiger partial charge on any atom is -0.435 e. The van der Waals surface area contributed by atoms with Crippen LogP contribution in [0.2, 0.25) is 0 Å². The van der Waals surface area contributed by atoms with Crippen LogP contribution < -0.4 is 15.4 Å². The van der Waals surface area contributed by atoms with E-state index in [1.165, 1.54) is 36.5 Å². The lowest BCUT2D eigenvalue weighted by atomic mass is 10.1. The number of halogens is 2. The highest BCUT2D eigenvalue weighted by Crippen LogP contribution is 2.23. The van der Waals surface area contributed by atoms with E-state index in [2.05, 4.69) is 20.4 Å². The minimum atomic E-state index is -4.12. The zero-order chi connectivity index (χ0) is 25.4. The Hall–Kier alpha value is -4.11. The van der Waals surface area contributed by atoms with Crippen LogP contribution in [-0.4, -0.2) is 50.2 Å². The predicted molar refractivity (Wildman–Crippen MR) is 122 cm³/mol. The first-order valence-electron chi connectivity index (χ1n) is 10.2. The molecule has 0 spiro atoms. The molecule has 1 atom stereocenters. The minimum absolute atomic E-state index is 0.0333. The van der Waals surface area contributed by atoms with Crippen LogP contribution >= 0.6 is 0 Å². The molecule has 3 aromatic rings. The van der Waals surface area contributed by atoms with Crippen molar-refractivity contribution in [2.75, 3.05) is 12.3 Å². The maximum atomic E-state index is 12.9. The highest BCUT2D eigenvalue weighted by molar-refractivity contribution is 7.90. The van der Waals surface area contributed by atoms with Gasteiger partial charge in [0.05, 0.1) is 28.7 Å². The number of nitriles is 1. The van der Waals surface area contributed by atoms with Gasteiger partial charge < -0.3 is 15.4 Å². The van der Waals surface area contributed by atoms with Gasteiger partial charge in [0.25, 0.3) is 5.91 Å². The summed E-state index contributed by atoms with van der Waals surface area (Å²) in [6.07, 6.45) is 1.29. The topological polar surface area (TPSA) is 138 Å². The maximum Gasteiger partial charge on any atom is 0.387 e. The Kier molecular flexibility index (Phi) is 8.27. The lowest BCUT2D eigenvalue weighted by Gasteiger charge is -2.18. The molecule has 1 aromatic heterocycles. The fraction of sp³-hybridized carbons (Fsp3) is 0.217. The van der Waals surface area contributed by atoms with Gasteiger partial charge in [-0.3, -0.25) is 14.6 Å². The highest BCUT2D eigenvalue weighted by atomic mass is 32.2. The smallest absolute Gasteiger partial charge is 0.387 e. The molecule has 1 heterocycles. The summed E-state index contributed by atoms with van der Waals surface area (Å²) >= 11 is 0. The molecular formula is C23H20F2N4O5S. The summed E-state index contributed by atoms with van der Waals surface area (Å²) in [6, 6.07) is 14.1. The van der Waals surface area contributed by atoms with E-state index in [-0.39, 0.29) is 16.9 Å². The number of ether oxygens (including phenoxy) is 1. The Morgan fingerprint density at radius 2 is 1.83 bits per heavy atom. The largest absolute Gasteiger partial charge is 0.435 e. The van der Waals surface area contributed by atoms with Crippen LogP contribution in [0.5, 0.6) is 5.75 Å². The van der Waals surface area contributed by atoms with Crippen molar-refractivity contribution in [3.05, 3.63) is 71.9 Å². The average Bonchev–Trinajstić information content (AvgIpc) is 2.82. The van der Waals surface area contributed by atoms with Crippen LogP contribution in [0.15, 0.2) is 60.8 Å². The summed E-state index contributed by atoms with van der Waals surface area (Å²) in [7, 11) is -4.12. The number of alkyl halides is 2. The summed E-state index contributed by atoms with van der Waals surface area (Å²) in [6.45, 7) is -3.56. The summed E-state index contributed by atoms with van der Waals surface area (Å²) in [4.78, 5) is 29.5. The van der Waals surface area contributed by atoms with Crippen molar-refractivity contribution in [3.63, 3.8) is 0 Å². The molecule has 182 valence electrons. The fourth-order valence-corrected chi connectivity index (χ4v) is 4.83. The average molecular weight is 502 g/mol. The second kappa shape index (κ2) is 11.3. The first-order valence-corrected chi connectivity index (χ1v) is 12.0. The lowest BCUT2D eigenvalue weighted by Crippen LogP contribution is -2.50. The van der Waals surface area contributed by atoms with E-state index >= 15 is 0 Å². The van der Waals surface area contributed by atoms with E-state index in [4.69, 9.17) is 5.26 Å². The molecule has 0 aliphatic rings. The summed E-state index contributed by atoms with van der Waals surface area (Å²) in [5, 5.41) is 14.0. The summed E-state index contributed by atoms with van der Waals surface area (Å²) in [5.41, 5.74) is 0.698. The van der Waals surface area contributed by atoms with E-state index in [9.17, 15) is 26.8 Å². The molecule has 0 unspecified atom stereocenters. The second-order valence-corrected chi connectivity index (χ2v) is 9.47. The molecule has 0 saturated heterocycles. The number of pyridine rings is 1. The number of benzene rings is 2. The van der Waals surface area contributed by atoms with Gasteiger partial charge in [0.15, 0.2) is 9.84 Å². The third-order valence-corrected chi connectivity index (χ3v) is 6.39. The van der Waals surface area contributed by atoms with Crippen molar-refractivity contribution in [2.45, 2.75) is 18.4 Å². The monoisotopic (exact) mass is 502 g/mol. The molecule has 12 heteroatoms.